The van der Waals surface area contributed by atoms with E-state index in [2.05, 4.69) is 51.8 Å². The largest absolute Gasteiger partial charge is 0.393 e. The molecule has 2 N–H and O–H groups in total. The number of nitrogens with one attached hydrogen (secondary N) is 1. The summed E-state index contributed by atoms with van der Waals surface area (Å²) in [6.07, 6.45) is 2.69. The lowest BCUT2D eigenvalue weighted by Crippen LogP contribution is -2.35. The Labute approximate surface area is 148 Å². The maximum atomic E-state index is 9.65. The number of rotatable bonds is 7. The Morgan fingerprint density at radius 3 is 2.67 bits per heavy atom. The van der Waals surface area contributed by atoms with Gasteiger partial charge in [-0.2, -0.15) is 0 Å². The summed E-state index contributed by atoms with van der Waals surface area (Å²) in [6, 6.07) is 8.66. The van der Waals surface area contributed by atoms with Crippen molar-refractivity contribution >= 4 is 11.3 Å². The van der Waals surface area contributed by atoms with Crippen LogP contribution in [0.4, 0.5) is 0 Å². The predicted molar refractivity (Wildman–Crippen MR) is 99.0 cm³/mol. The minimum Gasteiger partial charge on any atom is -0.393 e. The molecule has 1 aliphatic rings. The van der Waals surface area contributed by atoms with Gasteiger partial charge in [-0.05, 0) is 30.4 Å². The van der Waals surface area contributed by atoms with Crippen LogP contribution in [0, 0.1) is 0 Å². The van der Waals surface area contributed by atoms with Crippen molar-refractivity contribution in [1.29, 1.82) is 0 Å². The third-order valence-corrected chi connectivity index (χ3v) is 5.63. The lowest BCUT2D eigenvalue weighted by Gasteiger charge is -2.30. The predicted octanol–water partition coefficient (Wildman–Crippen LogP) is 2.95. The van der Waals surface area contributed by atoms with E-state index in [1.165, 1.54) is 16.1 Å². The van der Waals surface area contributed by atoms with Gasteiger partial charge in [-0.1, -0.05) is 31.2 Å². The second kappa shape index (κ2) is 8.72. The molecule has 2 heterocycles. The zero-order valence-corrected chi connectivity index (χ0v) is 15.2. The number of aromatic nitrogens is 1. The Morgan fingerprint density at radius 2 is 1.96 bits per heavy atom. The highest BCUT2D eigenvalue weighted by molar-refractivity contribution is 7.09. The number of piperidine rings is 1. The van der Waals surface area contributed by atoms with Crippen LogP contribution in [-0.4, -0.2) is 34.2 Å². The molecule has 4 nitrogen and oxygen atoms in total. The van der Waals surface area contributed by atoms with E-state index < -0.39 is 0 Å². The maximum Gasteiger partial charge on any atom is 0.0926 e. The Balaban J connectivity index is 1.53. The van der Waals surface area contributed by atoms with Gasteiger partial charge in [0.1, 0.15) is 0 Å². The van der Waals surface area contributed by atoms with Gasteiger partial charge in [-0.3, -0.25) is 4.90 Å². The molecular weight excluding hydrogens is 318 g/mol. The number of aryl methyl sites for hydroxylation is 1. The summed E-state index contributed by atoms with van der Waals surface area (Å²) >= 11 is 1.74. The number of aliphatic hydroxyl groups excluding tert-OH is 1. The van der Waals surface area contributed by atoms with Gasteiger partial charge in [0.15, 0.2) is 0 Å². The highest BCUT2D eigenvalue weighted by Gasteiger charge is 2.17. The topological polar surface area (TPSA) is 48.4 Å². The van der Waals surface area contributed by atoms with Crippen molar-refractivity contribution in [2.75, 3.05) is 13.1 Å². The summed E-state index contributed by atoms with van der Waals surface area (Å²) in [5.41, 5.74) is 3.88. The molecule has 0 bridgehead atoms. The van der Waals surface area contributed by atoms with Crippen molar-refractivity contribution in [2.45, 2.75) is 51.9 Å². The highest BCUT2D eigenvalue weighted by atomic mass is 32.1. The molecule has 130 valence electrons. The minimum absolute atomic E-state index is 0.107. The van der Waals surface area contributed by atoms with E-state index in [1.807, 2.05) is 0 Å². The van der Waals surface area contributed by atoms with Gasteiger partial charge in [0.2, 0.25) is 0 Å². The van der Waals surface area contributed by atoms with Crippen molar-refractivity contribution in [3.8, 4) is 0 Å². The first-order valence-electron chi connectivity index (χ1n) is 8.85. The average Bonchev–Trinajstić information content (AvgIpc) is 3.06. The Morgan fingerprint density at radius 1 is 1.21 bits per heavy atom. The highest BCUT2D eigenvalue weighted by Crippen LogP contribution is 2.17. The molecule has 0 amide bonds. The first-order chi connectivity index (χ1) is 11.7. The lowest BCUT2D eigenvalue weighted by molar-refractivity contribution is 0.0791. The molecule has 0 unspecified atom stereocenters. The summed E-state index contributed by atoms with van der Waals surface area (Å²) in [7, 11) is 0. The third-order valence-electron chi connectivity index (χ3n) is 4.59. The van der Waals surface area contributed by atoms with E-state index in [0.717, 1.165) is 57.7 Å². The molecule has 1 aromatic heterocycles. The van der Waals surface area contributed by atoms with Crippen molar-refractivity contribution in [1.82, 2.24) is 15.2 Å². The molecule has 1 aliphatic heterocycles. The molecule has 24 heavy (non-hydrogen) atoms. The lowest BCUT2D eigenvalue weighted by atomic mass is 10.0. The monoisotopic (exact) mass is 345 g/mol. The quantitative estimate of drug-likeness (QED) is 0.810. The van der Waals surface area contributed by atoms with Gasteiger partial charge in [-0.15, -0.1) is 11.3 Å². The van der Waals surface area contributed by atoms with Crippen LogP contribution in [-0.2, 0) is 26.1 Å². The zero-order chi connectivity index (χ0) is 16.8. The molecule has 1 aromatic carbocycles. The number of hydrogen-bond acceptors (Lipinski definition) is 5. The summed E-state index contributed by atoms with van der Waals surface area (Å²) < 4.78 is 0. The Bertz CT molecular complexity index is 635. The van der Waals surface area contributed by atoms with Crippen molar-refractivity contribution in [3.63, 3.8) is 0 Å². The molecule has 0 radical (unpaired) electrons. The molecule has 3 rings (SSSR count). The first-order valence-corrected chi connectivity index (χ1v) is 9.73. The molecule has 1 fully saturated rings. The van der Waals surface area contributed by atoms with E-state index in [1.54, 1.807) is 11.3 Å². The molecule has 0 atom stereocenters. The van der Waals surface area contributed by atoms with Crippen LogP contribution in [0.25, 0.3) is 0 Å². The van der Waals surface area contributed by atoms with E-state index >= 15 is 0 Å². The zero-order valence-electron chi connectivity index (χ0n) is 14.4. The van der Waals surface area contributed by atoms with Crippen molar-refractivity contribution in [2.24, 2.45) is 0 Å². The molecule has 0 saturated carbocycles. The molecule has 5 heteroatoms. The fraction of sp³-hybridized carbons (Fsp3) is 0.526. The van der Waals surface area contributed by atoms with E-state index in [-0.39, 0.29) is 6.10 Å². The number of likely N-dealkylation sites (tertiary alicyclic amines) is 1. The van der Waals surface area contributed by atoms with E-state index in [4.69, 9.17) is 0 Å². The number of hydrogen-bond donors (Lipinski definition) is 2. The molecule has 2 aromatic rings. The van der Waals surface area contributed by atoms with Crippen LogP contribution in [0.3, 0.4) is 0 Å². The average molecular weight is 346 g/mol. The van der Waals surface area contributed by atoms with Gasteiger partial charge in [0.25, 0.3) is 0 Å². The number of thiazole rings is 1. The molecular formula is C19H27N3OS. The maximum absolute atomic E-state index is 9.65. The normalized spacial score (nSPS) is 16.6. The van der Waals surface area contributed by atoms with Gasteiger partial charge in [-0.25, -0.2) is 4.98 Å². The van der Waals surface area contributed by atoms with Crippen LogP contribution in [0.2, 0.25) is 0 Å². The summed E-state index contributed by atoms with van der Waals surface area (Å²) in [5.74, 6) is 0. The van der Waals surface area contributed by atoms with Crippen LogP contribution in [0.15, 0.2) is 29.6 Å². The number of benzene rings is 1. The van der Waals surface area contributed by atoms with Crippen LogP contribution in [0.1, 0.15) is 41.6 Å². The van der Waals surface area contributed by atoms with Gasteiger partial charge in [0, 0.05) is 38.1 Å². The van der Waals surface area contributed by atoms with Gasteiger partial charge < -0.3 is 10.4 Å². The first kappa shape index (κ1) is 17.5. The van der Waals surface area contributed by atoms with Gasteiger partial charge in [0.05, 0.1) is 16.8 Å². The molecule has 1 saturated heterocycles. The Kier molecular flexibility index (Phi) is 6.37. The minimum atomic E-state index is -0.107. The summed E-state index contributed by atoms with van der Waals surface area (Å²) in [5, 5.41) is 16.5. The van der Waals surface area contributed by atoms with Crippen LogP contribution in [0.5, 0.6) is 0 Å². The fourth-order valence-corrected chi connectivity index (χ4v) is 3.87. The standard InChI is InChI=1S/C19H27N3OS/c1-2-19-21-17(14-24-19)12-20-11-15-5-3-4-6-16(15)13-22-9-7-18(23)8-10-22/h3-6,14,18,20,23H,2,7-13H2,1H3. The Hall–Kier alpha value is -1.27. The van der Waals surface area contributed by atoms with Crippen LogP contribution >= 0.6 is 11.3 Å². The second-order valence-corrected chi connectivity index (χ2v) is 7.41. The summed E-state index contributed by atoms with van der Waals surface area (Å²) in [4.78, 5) is 7.05. The fourth-order valence-electron chi connectivity index (χ4n) is 3.12. The number of aliphatic hydroxyl groups is 1. The summed E-state index contributed by atoms with van der Waals surface area (Å²) in [6.45, 7) is 6.78. The van der Waals surface area contributed by atoms with Crippen molar-refractivity contribution < 1.29 is 5.11 Å². The van der Waals surface area contributed by atoms with Crippen LogP contribution < -0.4 is 5.32 Å². The number of nitrogens with zero attached hydrogens (tertiary/aromatic N) is 2. The third kappa shape index (κ3) is 4.86. The SMILES string of the molecule is CCc1nc(CNCc2ccccc2CN2CCC(O)CC2)cs1. The second-order valence-electron chi connectivity index (χ2n) is 6.47. The van der Waals surface area contributed by atoms with E-state index in [9.17, 15) is 5.11 Å². The molecule has 0 spiro atoms. The smallest absolute Gasteiger partial charge is 0.0926 e. The van der Waals surface area contributed by atoms with Crippen molar-refractivity contribution in [3.05, 3.63) is 51.5 Å². The molecule has 0 aliphatic carbocycles. The van der Waals surface area contributed by atoms with Gasteiger partial charge >= 0.3 is 0 Å². The van der Waals surface area contributed by atoms with E-state index in [0.29, 0.717) is 0 Å².